The minimum absolute atomic E-state index is 0.0454. The molecule has 0 bridgehead atoms. The van der Waals surface area contributed by atoms with Crippen LogP contribution in [0.3, 0.4) is 0 Å². The number of ether oxygens (including phenoxy) is 1. The van der Waals surface area contributed by atoms with Gasteiger partial charge in [-0.2, -0.15) is 0 Å². The second kappa shape index (κ2) is 7.85. The van der Waals surface area contributed by atoms with Gasteiger partial charge in [0, 0.05) is 17.1 Å². The molecule has 0 saturated carbocycles. The molecule has 0 heterocycles. The maximum Gasteiger partial charge on any atom is 0.0898 e. The molecule has 1 aromatic carbocycles. The molecule has 108 valence electrons. The molecule has 0 spiro atoms. The number of β-amino-alcohol motifs (C(OH)–C–C–N with tert-alkyl or cyclic N) is 1. The van der Waals surface area contributed by atoms with E-state index in [1.165, 1.54) is 0 Å². The molecule has 0 amide bonds. The van der Waals surface area contributed by atoms with E-state index in [9.17, 15) is 5.11 Å². The SMILES string of the molecule is CCC(C)(C)NCC(O)COCc1ccccc1Cl. The van der Waals surface area contributed by atoms with E-state index in [2.05, 4.69) is 26.1 Å². The highest BCUT2D eigenvalue weighted by Gasteiger charge is 2.15. The van der Waals surface area contributed by atoms with Crippen molar-refractivity contribution in [1.29, 1.82) is 0 Å². The van der Waals surface area contributed by atoms with E-state index in [1.807, 2.05) is 24.3 Å². The number of rotatable bonds is 8. The van der Waals surface area contributed by atoms with Crippen LogP contribution in [0.15, 0.2) is 24.3 Å². The van der Waals surface area contributed by atoms with Crippen LogP contribution in [-0.4, -0.2) is 29.9 Å². The minimum atomic E-state index is -0.506. The van der Waals surface area contributed by atoms with Gasteiger partial charge in [-0.15, -0.1) is 0 Å². The first-order chi connectivity index (χ1) is 8.94. The van der Waals surface area contributed by atoms with Crippen molar-refractivity contribution in [2.24, 2.45) is 0 Å². The molecule has 0 radical (unpaired) electrons. The van der Waals surface area contributed by atoms with Crippen molar-refractivity contribution in [2.75, 3.05) is 13.2 Å². The summed E-state index contributed by atoms with van der Waals surface area (Å²) in [4.78, 5) is 0. The Bertz CT molecular complexity index is 382. The number of halogens is 1. The van der Waals surface area contributed by atoms with Crippen molar-refractivity contribution in [3.8, 4) is 0 Å². The third-order valence-electron chi connectivity index (χ3n) is 3.23. The van der Waals surface area contributed by atoms with Crippen molar-refractivity contribution in [1.82, 2.24) is 5.32 Å². The summed E-state index contributed by atoms with van der Waals surface area (Å²) in [7, 11) is 0. The molecule has 4 heteroatoms. The quantitative estimate of drug-likeness (QED) is 0.771. The summed E-state index contributed by atoms with van der Waals surface area (Å²) in [6.07, 6.45) is 0.508. The predicted molar refractivity (Wildman–Crippen MR) is 79.5 cm³/mol. The fourth-order valence-electron chi connectivity index (χ4n) is 1.50. The van der Waals surface area contributed by atoms with Crippen molar-refractivity contribution < 1.29 is 9.84 Å². The zero-order valence-electron chi connectivity index (χ0n) is 11.9. The molecule has 0 aliphatic carbocycles. The Morgan fingerprint density at radius 1 is 1.37 bits per heavy atom. The second-order valence-electron chi connectivity index (χ2n) is 5.38. The Kier molecular flexibility index (Phi) is 6.80. The van der Waals surface area contributed by atoms with Crippen molar-refractivity contribution in [3.63, 3.8) is 0 Å². The largest absolute Gasteiger partial charge is 0.389 e. The number of nitrogens with one attached hydrogen (secondary N) is 1. The monoisotopic (exact) mass is 285 g/mol. The molecule has 0 aromatic heterocycles. The van der Waals surface area contributed by atoms with Gasteiger partial charge in [0.1, 0.15) is 0 Å². The van der Waals surface area contributed by atoms with Crippen LogP contribution in [0.25, 0.3) is 0 Å². The average molecular weight is 286 g/mol. The summed E-state index contributed by atoms with van der Waals surface area (Å²) in [5.74, 6) is 0. The number of aliphatic hydroxyl groups excluding tert-OH is 1. The van der Waals surface area contributed by atoms with E-state index in [-0.39, 0.29) is 5.54 Å². The lowest BCUT2D eigenvalue weighted by molar-refractivity contribution is 0.0256. The van der Waals surface area contributed by atoms with Gasteiger partial charge in [-0.3, -0.25) is 0 Å². The van der Waals surface area contributed by atoms with Crippen LogP contribution in [0.4, 0.5) is 0 Å². The summed E-state index contributed by atoms with van der Waals surface area (Å²) < 4.78 is 5.49. The van der Waals surface area contributed by atoms with Crippen LogP contribution in [-0.2, 0) is 11.3 Å². The molecule has 3 nitrogen and oxygen atoms in total. The molecular weight excluding hydrogens is 262 g/mol. The van der Waals surface area contributed by atoms with E-state index in [0.717, 1.165) is 12.0 Å². The highest BCUT2D eigenvalue weighted by Crippen LogP contribution is 2.15. The van der Waals surface area contributed by atoms with Crippen LogP contribution in [0.5, 0.6) is 0 Å². The van der Waals surface area contributed by atoms with Crippen LogP contribution >= 0.6 is 11.6 Å². The molecule has 0 saturated heterocycles. The fraction of sp³-hybridized carbons (Fsp3) is 0.600. The third-order valence-corrected chi connectivity index (χ3v) is 3.59. The molecule has 1 unspecified atom stereocenters. The first-order valence-electron chi connectivity index (χ1n) is 6.69. The smallest absolute Gasteiger partial charge is 0.0898 e. The Balaban J connectivity index is 2.24. The summed E-state index contributed by atoms with van der Waals surface area (Å²) in [6, 6.07) is 7.57. The van der Waals surface area contributed by atoms with E-state index < -0.39 is 6.10 Å². The molecular formula is C15H24ClNO2. The summed E-state index contributed by atoms with van der Waals surface area (Å²) >= 11 is 6.02. The first kappa shape index (κ1) is 16.4. The van der Waals surface area contributed by atoms with E-state index >= 15 is 0 Å². The van der Waals surface area contributed by atoms with E-state index in [4.69, 9.17) is 16.3 Å². The second-order valence-corrected chi connectivity index (χ2v) is 5.79. The molecule has 19 heavy (non-hydrogen) atoms. The topological polar surface area (TPSA) is 41.5 Å². The van der Waals surface area contributed by atoms with Gasteiger partial charge in [0.05, 0.1) is 19.3 Å². The molecule has 1 rings (SSSR count). The Morgan fingerprint density at radius 2 is 2.05 bits per heavy atom. The van der Waals surface area contributed by atoms with E-state index in [1.54, 1.807) is 0 Å². The van der Waals surface area contributed by atoms with Gasteiger partial charge in [-0.25, -0.2) is 0 Å². The van der Waals surface area contributed by atoms with Crippen LogP contribution in [0, 0.1) is 0 Å². The number of hydrogen-bond donors (Lipinski definition) is 2. The molecule has 0 fully saturated rings. The highest BCUT2D eigenvalue weighted by atomic mass is 35.5. The Morgan fingerprint density at radius 3 is 2.68 bits per heavy atom. The Labute approximate surface area is 120 Å². The van der Waals surface area contributed by atoms with Gasteiger partial charge in [-0.1, -0.05) is 36.7 Å². The molecule has 0 aliphatic rings. The molecule has 0 aliphatic heterocycles. The molecule has 2 N–H and O–H groups in total. The van der Waals surface area contributed by atoms with Crippen LogP contribution < -0.4 is 5.32 Å². The van der Waals surface area contributed by atoms with Gasteiger partial charge in [0.15, 0.2) is 0 Å². The van der Waals surface area contributed by atoms with Crippen LogP contribution in [0.2, 0.25) is 5.02 Å². The fourth-order valence-corrected chi connectivity index (χ4v) is 1.69. The number of benzene rings is 1. The lowest BCUT2D eigenvalue weighted by Gasteiger charge is -2.26. The van der Waals surface area contributed by atoms with Crippen molar-refractivity contribution in [3.05, 3.63) is 34.9 Å². The maximum atomic E-state index is 9.83. The lowest BCUT2D eigenvalue weighted by atomic mass is 10.0. The van der Waals surface area contributed by atoms with Gasteiger partial charge in [0.25, 0.3) is 0 Å². The van der Waals surface area contributed by atoms with E-state index in [0.29, 0.717) is 24.8 Å². The van der Waals surface area contributed by atoms with Crippen molar-refractivity contribution >= 4 is 11.6 Å². The summed E-state index contributed by atoms with van der Waals surface area (Å²) in [5.41, 5.74) is 0.988. The lowest BCUT2D eigenvalue weighted by Crippen LogP contribution is -2.43. The molecule has 1 aromatic rings. The van der Waals surface area contributed by atoms with Gasteiger partial charge >= 0.3 is 0 Å². The van der Waals surface area contributed by atoms with Crippen LogP contribution in [0.1, 0.15) is 32.8 Å². The predicted octanol–water partition coefficient (Wildman–Crippen LogP) is 3.00. The summed E-state index contributed by atoms with van der Waals surface area (Å²) in [6.45, 7) is 7.61. The average Bonchev–Trinajstić information content (AvgIpc) is 2.39. The maximum absolute atomic E-state index is 9.83. The zero-order chi connectivity index (χ0) is 14.3. The minimum Gasteiger partial charge on any atom is -0.389 e. The molecule has 1 atom stereocenters. The third kappa shape index (κ3) is 6.39. The van der Waals surface area contributed by atoms with Gasteiger partial charge in [0.2, 0.25) is 0 Å². The normalized spacial score (nSPS) is 13.5. The zero-order valence-corrected chi connectivity index (χ0v) is 12.7. The van der Waals surface area contributed by atoms with Gasteiger partial charge < -0.3 is 15.2 Å². The highest BCUT2D eigenvalue weighted by molar-refractivity contribution is 6.31. The standard InChI is InChI=1S/C15H24ClNO2/c1-4-15(2,3)17-9-13(18)11-19-10-12-7-5-6-8-14(12)16/h5-8,13,17-18H,4,9-11H2,1-3H3. The number of aliphatic hydroxyl groups is 1. The summed E-state index contributed by atoms with van der Waals surface area (Å²) in [5, 5.41) is 13.8. The van der Waals surface area contributed by atoms with Gasteiger partial charge in [-0.05, 0) is 31.9 Å². The van der Waals surface area contributed by atoms with Crippen molar-refractivity contribution in [2.45, 2.75) is 45.4 Å². The Hall–Kier alpha value is -0.610. The first-order valence-corrected chi connectivity index (χ1v) is 7.06. The number of hydrogen-bond acceptors (Lipinski definition) is 3.